The fraction of sp³-hybridized carbons (Fsp3) is 0.154. The summed E-state index contributed by atoms with van der Waals surface area (Å²) in [5.74, 6) is -1.60. The van der Waals surface area contributed by atoms with Gasteiger partial charge in [-0.3, -0.25) is 0 Å². The van der Waals surface area contributed by atoms with E-state index < -0.39 is 11.8 Å². The monoisotopic (exact) mass is 207 g/mol. The summed E-state index contributed by atoms with van der Waals surface area (Å²) in [5, 5.41) is 26.2. The Balaban J connectivity index is 2.81. The lowest BCUT2D eigenvalue weighted by Crippen LogP contribution is -2.05. The molecular weight excluding hydrogens is 198 g/mol. The van der Waals surface area contributed by atoms with Gasteiger partial charge in [0.1, 0.15) is 0 Å². The van der Waals surface area contributed by atoms with Crippen LogP contribution >= 0.6 is 0 Å². The highest BCUT2D eigenvalue weighted by atomic mass is 14.4. The lowest BCUT2D eigenvalue weighted by molar-refractivity contribution is 0.717. The fourth-order valence-electron chi connectivity index (χ4n) is 1.20. The third-order valence-corrected chi connectivity index (χ3v) is 2.08. The van der Waals surface area contributed by atoms with E-state index >= 15 is 0 Å². The van der Waals surface area contributed by atoms with E-state index in [1.54, 1.807) is 24.3 Å². The van der Waals surface area contributed by atoms with Crippen molar-refractivity contribution in [3.63, 3.8) is 0 Å². The molecule has 0 aliphatic rings. The second kappa shape index (κ2) is 6.02. The van der Waals surface area contributed by atoms with E-state index in [-0.39, 0.29) is 0 Å². The molecule has 0 saturated heterocycles. The van der Waals surface area contributed by atoms with Gasteiger partial charge in [-0.05, 0) is 5.56 Å². The molecular formula is C13H9N3. The zero-order valence-electron chi connectivity index (χ0n) is 8.54. The minimum absolute atomic E-state index is 0.685. The van der Waals surface area contributed by atoms with Gasteiger partial charge >= 0.3 is 0 Å². The molecule has 3 heteroatoms. The van der Waals surface area contributed by atoms with Gasteiger partial charge < -0.3 is 0 Å². The van der Waals surface area contributed by atoms with Crippen LogP contribution in [0.25, 0.3) is 6.08 Å². The lowest BCUT2D eigenvalue weighted by atomic mass is 9.95. The molecule has 0 aliphatic carbocycles. The molecule has 0 N–H and O–H groups in total. The van der Waals surface area contributed by atoms with Gasteiger partial charge in [-0.2, -0.15) is 15.8 Å². The molecule has 0 saturated carbocycles. The molecule has 0 radical (unpaired) electrons. The van der Waals surface area contributed by atoms with Crippen molar-refractivity contribution in [1.29, 1.82) is 15.8 Å². The highest BCUT2D eigenvalue weighted by Crippen LogP contribution is 2.13. The molecule has 3 nitrogen and oxygen atoms in total. The first-order valence-corrected chi connectivity index (χ1v) is 4.74. The Morgan fingerprint density at radius 2 is 1.56 bits per heavy atom. The average Bonchev–Trinajstić information content (AvgIpc) is 2.35. The Kier molecular flexibility index (Phi) is 4.33. The van der Waals surface area contributed by atoms with E-state index in [1.807, 2.05) is 36.4 Å². The van der Waals surface area contributed by atoms with Crippen LogP contribution in [0.1, 0.15) is 5.56 Å². The zero-order chi connectivity index (χ0) is 11.8. The molecule has 0 aliphatic heterocycles. The Morgan fingerprint density at radius 1 is 0.938 bits per heavy atom. The van der Waals surface area contributed by atoms with E-state index in [9.17, 15) is 0 Å². The fourth-order valence-corrected chi connectivity index (χ4v) is 1.20. The Bertz CT molecular complexity index is 469. The molecule has 1 atom stereocenters. The number of allylic oxidation sites excluding steroid dienone is 1. The molecule has 1 rings (SSSR count). The van der Waals surface area contributed by atoms with Crippen molar-refractivity contribution >= 4 is 6.08 Å². The summed E-state index contributed by atoms with van der Waals surface area (Å²) in [6.07, 6.45) is 3.34. The Morgan fingerprint density at radius 3 is 2.06 bits per heavy atom. The first kappa shape index (κ1) is 11.5. The summed E-state index contributed by atoms with van der Waals surface area (Å²) in [6, 6.07) is 15.0. The maximum atomic E-state index is 8.83. The minimum Gasteiger partial charge on any atom is -0.198 e. The third kappa shape index (κ3) is 2.98. The summed E-state index contributed by atoms with van der Waals surface area (Å²) < 4.78 is 0. The normalized spacial score (nSPS) is 11.6. The third-order valence-electron chi connectivity index (χ3n) is 2.08. The number of rotatable bonds is 3. The van der Waals surface area contributed by atoms with Crippen molar-refractivity contribution in [2.24, 2.45) is 11.8 Å². The largest absolute Gasteiger partial charge is 0.198 e. The average molecular weight is 207 g/mol. The summed E-state index contributed by atoms with van der Waals surface area (Å²) in [7, 11) is 0. The van der Waals surface area contributed by atoms with Gasteiger partial charge in [0.15, 0.2) is 5.92 Å². The van der Waals surface area contributed by atoms with Crippen LogP contribution in [0.4, 0.5) is 0 Å². The van der Waals surface area contributed by atoms with Crippen LogP contribution in [0.3, 0.4) is 0 Å². The van der Waals surface area contributed by atoms with Crippen molar-refractivity contribution in [3.8, 4) is 18.2 Å². The van der Waals surface area contributed by atoms with Crippen LogP contribution in [-0.4, -0.2) is 0 Å². The van der Waals surface area contributed by atoms with E-state index in [2.05, 4.69) is 0 Å². The molecule has 0 heterocycles. The minimum atomic E-state index is -0.912. The van der Waals surface area contributed by atoms with E-state index in [1.165, 1.54) is 0 Å². The van der Waals surface area contributed by atoms with Gasteiger partial charge in [0.25, 0.3) is 0 Å². The van der Waals surface area contributed by atoms with Crippen molar-refractivity contribution in [2.45, 2.75) is 0 Å². The Labute approximate surface area is 94.5 Å². The van der Waals surface area contributed by atoms with E-state index in [0.29, 0.717) is 0 Å². The van der Waals surface area contributed by atoms with Crippen LogP contribution in [-0.2, 0) is 0 Å². The molecule has 0 fully saturated rings. The summed E-state index contributed by atoms with van der Waals surface area (Å²) in [5.41, 5.74) is 0.942. The summed E-state index contributed by atoms with van der Waals surface area (Å²) in [6.45, 7) is 0. The van der Waals surface area contributed by atoms with Crippen molar-refractivity contribution in [1.82, 2.24) is 0 Å². The first-order valence-electron chi connectivity index (χ1n) is 4.74. The highest BCUT2D eigenvalue weighted by molar-refractivity contribution is 5.50. The maximum Gasteiger partial charge on any atom is 0.152 e. The molecule has 1 aromatic carbocycles. The van der Waals surface area contributed by atoms with Crippen LogP contribution in [0.2, 0.25) is 0 Å². The first-order chi connectivity index (χ1) is 7.81. The molecule has 0 spiro atoms. The van der Waals surface area contributed by atoms with Crippen LogP contribution in [0.5, 0.6) is 0 Å². The Hall–Kier alpha value is -2.57. The molecule has 0 aromatic heterocycles. The predicted molar refractivity (Wildman–Crippen MR) is 59.3 cm³/mol. The quantitative estimate of drug-likeness (QED) is 0.764. The van der Waals surface area contributed by atoms with Gasteiger partial charge in [0, 0.05) is 0 Å². The van der Waals surface area contributed by atoms with Gasteiger partial charge in [-0.15, -0.1) is 0 Å². The topological polar surface area (TPSA) is 71.4 Å². The van der Waals surface area contributed by atoms with Crippen molar-refractivity contribution in [2.75, 3.05) is 0 Å². The molecule has 0 unspecified atom stereocenters. The number of hydrogen-bond acceptors (Lipinski definition) is 3. The second-order valence-corrected chi connectivity index (χ2v) is 3.16. The summed E-state index contributed by atoms with van der Waals surface area (Å²) in [4.78, 5) is 0. The zero-order valence-corrected chi connectivity index (χ0v) is 8.54. The highest BCUT2D eigenvalue weighted by Gasteiger charge is 2.17. The van der Waals surface area contributed by atoms with Crippen LogP contribution in [0.15, 0.2) is 36.4 Å². The predicted octanol–water partition coefficient (Wildman–Crippen LogP) is 2.50. The van der Waals surface area contributed by atoms with Gasteiger partial charge in [-0.25, -0.2) is 0 Å². The van der Waals surface area contributed by atoms with Crippen LogP contribution < -0.4 is 0 Å². The van der Waals surface area contributed by atoms with E-state index in [0.717, 1.165) is 5.56 Å². The number of benzene rings is 1. The van der Waals surface area contributed by atoms with Gasteiger partial charge in [0.05, 0.1) is 24.1 Å². The van der Waals surface area contributed by atoms with E-state index in [4.69, 9.17) is 15.8 Å². The number of hydrogen-bond donors (Lipinski definition) is 0. The molecule has 1 aromatic rings. The van der Waals surface area contributed by atoms with Crippen molar-refractivity contribution < 1.29 is 0 Å². The van der Waals surface area contributed by atoms with Gasteiger partial charge in [0.2, 0.25) is 0 Å². The molecule has 16 heavy (non-hydrogen) atoms. The molecule has 76 valence electrons. The van der Waals surface area contributed by atoms with Crippen molar-refractivity contribution in [3.05, 3.63) is 42.0 Å². The maximum absolute atomic E-state index is 8.83. The number of nitrogens with zero attached hydrogens (tertiary/aromatic N) is 3. The molecule has 0 bridgehead atoms. The second-order valence-electron chi connectivity index (χ2n) is 3.16. The standard InChI is InChI=1S/C13H9N3/c14-8-12(13(9-15)10-16)7-6-11-4-2-1-3-5-11/h1-7,12-13H/b7-6+/t12-/m0/s1. The van der Waals surface area contributed by atoms with Gasteiger partial charge in [-0.1, -0.05) is 42.5 Å². The smallest absolute Gasteiger partial charge is 0.152 e. The number of nitriles is 3. The lowest BCUT2D eigenvalue weighted by Gasteiger charge is -2.01. The summed E-state index contributed by atoms with van der Waals surface area (Å²) >= 11 is 0. The SMILES string of the molecule is N#CC(C#N)[C@H](C#N)/C=C/c1ccccc1. The molecule has 0 amide bonds. The van der Waals surface area contributed by atoms with Crippen LogP contribution in [0, 0.1) is 45.8 Å².